The number of rotatable bonds is 3. The van der Waals surface area contributed by atoms with E-state index in [4.69, 9.17) is 9.15 Å². The average molecular weight is 345 g/mol. The Bertz CT molecular complexity index is 854. The summed E-state index contributed by atoms with van der Waals surface area (Å²) >= 11 is 3.32. The second-order valence-corrected chi connectivity index (χ2v) is 4.92. The van der Waals surface area contributed by atoms with E-state index in [0.29, 0.717) is 33.0 Å². The molecule has 21 heavy (non-hydrogen) atoms. The van der Waals surface area contributed by atoms with Gasteiger partial charge in [-0.15, -0.1) is 0 Å². The highest BCUT2D eigenvalue weighted by atomic mass is 79.9. The molecule has 0 saturated carbocycles. The van der Waals surface area contributed by atoms with Gasteiger partial charge in [-0.2, -0.15) is 10.2 Å². The summed E-state index contributed by atoms with van der Waals surface area (Å²) in [6.07, 6.45) is 1.57. The summed E-state index contributed by atoms with van der Waals surface area (Å²) in [7, 11) is 1.71. The van der Waals surface area contributed by atoms with Gasteiger partial charge in [0.05, 0.1) is 16.1 Å². The molecule has 0 atom stereocenters. The fourth-order valence-corrected chi connectivity index (χ4v) is 2.11. The molecule has 6 nitrogen and oxygen atoms in total. The predicted octanol–water partition coefficient (Wildman–Crippen LogP) is 3.69. The molecule has 0 bridgehead atoms. The maximum Gasteiger partial charge on any atom is 0.247 e. The molecule has 104 valence electrons. The summed E-state index contributed by atoms with van der Waals surface area (Å²) in [5.41, 5.74) is 0.586. The Labute approximate surface area is 128 Å². The number of benzene rings is 1. The molecule has 0 unspecified atom stereocenters. The first kappa shape index (κ1) is 13.4. The van der Waals surface area contributed by atoms with Gasteiger partial charge in [-0.05, 0) is 28.1 Å². The molecule has 2 aromatic heterocycles. The smallest absolute Gasteiger partial charge is 0.247 e. The highest BCUT2D eigenvalue weighted by molar-refractivity contribution is 9.10. The molecular formula is C14H9BrN4O2. The number of aromatic nitrogens is 2. The summed E-state index contributed by atoms with van der Waals surface area (Å²) in [5, 5.41) is 12.7. The number of nitrogens with zero attached hydrogens (tertiary/aromatic N) is 3. The molecule has 0 fully saturated rings. The van der Waals surface area contributed by atoms with Crippen LogP contribution in [0.5, 0.6) is 11.6 Å². The van der Waals surface area contributed by atoms with Crippen molar-refractivity contribution in [2.24, 2.45) is 0 Å². The monoisotopic (exact) mass is 344 g/mol. The van der Waals surface area contributed by atoms with Gasteiger partial charge in [0.2, 0.25) is 17.6 Å². The van der Waals surface area contributed by atoms with Gasteiger partial charge in [0, 0.05) is 7.05 Å². The minimum Gasteiger partial charge on any atom is -0.442 e. The van der Waals surface area contributed by atoms with Crippen LogP contribution in [0.3, 0.4) is 0 Å². The molecule has 0 spiro atoms. The lowest BCUT2D eigenvalue weighted by molar-refractivity contribution is 0.447. The molecule has 7 heteroatoms. The van der Waals surface area contributed by atoms with Crippen molar-refractivity contribution in [2.75, 3.05) is 12.4 Å². The zero-order valence-corrected chi connectivity index (χ0v) is 12.5. The van der Waals surface area contributed by atoms with Gasteiger partial charge >= 0.3 is 0 Å². The van der Waals surface area contributed by atoms with Gasteiger partial charge < -0.3 is 14.5 Å². The Balaban J connectivity index is 2.12. The third-order valence-corrected chi connectivity index (χ3v) is 3.33. The Morgan fingerprint density at radius 3 is 2.95 bits per heavy atom. The SMILES string of the molecule is CNc1ncc(Br)c(Oc2c(C#N)oc3ccccc23)n1. The highest BCUT2D eigenvalue weighted by Gasteiger charge is 2.18. The Morgan fingerprint density at radius 1 is 1.38 bits per heavy atom. The Morgan fingerprint density at radius 2 is 2.19 bits per heavy atom. The number of para-hydroxylation sites is 1. The maximum atomic E-state index is 9.19. The fourth-order valence-electron chi connectivity index (χ4n) is 1.84. The third kappa shape index (κ3) is 2.41. The number of anilines is 1. The number of nitriles is 1. The van der Waals surface area contributed by atoms with Gasteiger partial charge in [0.15, 0.2) is 5.75 Å². The van der Waals surface area contributed by atoms with Crippen molar-refractivity contribution in [1.82, 2.24) is 9.97 Å². The van der Waals surface area contributed by atoms with Crippen LogP contribution >= 0.6 is 15.9 Å². The first-order chi connectivity index (χ1) is 10.2. The average Bonchev–Trinajstić information content (AvgIpc) is 2.87. The minimum absolute atomic E-state index is 0.104. The van der Waals surface area contributed by atoms with Crippen LogP contribution in [0.1, 0.15) is 5.76 Å². The van der Waals surface area contributed by atoms with Crippen LogP contribution in [0, 0.1) is 11.3 Å². The molecule has 1 N–H and O–H groups in total. The minimum atomic E-state index is 0.104. The first-order valence-corrected chi connectivity index (χ1v) is 6.82. The number of halogens is 1. The van der Waals surface area contributed by atoms with Crippen LogP contribution in [0.25, 0.3) is 11.0 Å². The summed E-state index contributed by atoms with van der Waals surface area (Å²) < 4.78 is 11.8. The number of nitrogens with one attached hydrogen (secondary N) is 1. The van der Waals surface area contributed by atoms with Crippen molar-refractivity contribution >= 4 is 32.8 Å². The molecule has 3 aromatic rings. The van der Waals surface area contributed by atoms with E-state index in [0.717, 1.165) is 0 Å². The normalized spacial score (nSPS) is 10.3. The van der Waals surface area contributed by atoms with Crippen LogP contribution in [0.15, 0.2) is 39.4 Å². The first-order valence-electron chi connectivity index (χ1n) is 6.02. The van der Waals surface area contributed by atoms with Crippen LogP contribution in [0.4, 0.5) is 5.95 Å². The van der Waals surface area contributed by atoms with Crippen LogP contribution in [-0.4, -0.2) is 17.0 Å². The number of hydrogen-bond acceptors (Lipinski definition) is 6. The lowest BCUT2D eigenvalue weighted by Crippen LogP contribution is -1.98. The molecular weight excluding hydrogens is 336 g/mol. The van der Waals surface area contributed by atoms with Gasteiger partial charge in [-0.1, -0.05) is 12.1 Å². The van der Waals surface area contributed by atoms with Crippen molar-refractivity contribution < 1.29 is 9.15 Å². The van der Waals surface area contributed by atoms with Gasteiger partial charge in [0.25, 0.3) is 0 Å². The number of hydrogen-bond donors (Lipinski definition) is 1. The summed E-state index contributed by atoms with van der Waals surface area (Å²) in [5.74, 6) is 1.17. The van der Waals surface area contributed by atoms with Crippen molar-refractivity contribution in [3.05, 3.63) is 40.7 Å². The number of fused-ring (bicyclic) bond motifs is 1. The molecule has 1 aromatic carbocycles. The van der Waals surface area contributed by atoms with E-state index in [1.54, 1.807) is 19.3 Å². The van der Waals surface area contributed by atoms with Crippen LogP contribution in [0.2, 0.25) is 0 Å². The van der Waals surface area contributed by atoms with Gasteiger partial charge in [0.1, 0.15) is 11.7 Å². The predicted molar refractivity (Wildman–Crippen MR) is 80.3 cm³/mol. The summed E-state index contributed by atoms with van der Waals surface area (Å²) in [6, 6.07) is 9.26. The largest absolute Gasteiger partial charge is 0.442 e. The molecule has 3 rings (SSSR count). The van der Waals surface area contributed by atoms with Crippen LogP contribution in [-0.2, 0) is 0 Å². The summed E-state index contributed by atoms with van der Waals surface area (Å²) in [6.45, 7) is 0. The van der Waals surface area contributed by atoms with E-state index < -0.39 is 0 Å². The number of furan rings is 1. The third-order valence-electron chi connectivity index (χ3n) is 2.79. The van der Waals surface area contributed by atoms with E-state index in [2.05, 4.69) is 31.2 Å². The van der Waals surface area contributed by atoms with Crippen molar-refractivity contribution in [3.63, 3.8) is 0 Å². The van der Waals surface area contributed by atoms with Crippen molar-refractivity contribution in [1.29, 1.82) is 5.26 Å². The van der Waals surface area contributed by atoms with E-state index in [9.17, 15) is 5.26 Å². The summed E-state index contributed by atoms with van der Waals surface area (Å²) in [4.78, 5) is 8.26. The second kappa shape index (κ2) is 5.42. The lowest BCUT2D eigenvalue weighted by atomic mass is 10.2. The molecule has 0 amide bonds. The zero-order chi connectivity index (χ0) is 14.8. The van der Waals surface area contributed by atoms with Crippen LogP contribution < -0.4 is 10.1 Å². The van der Waals surface area contributed by atoms with E-state index in [1.807, 2.05) is 24.3 Å². The van der Waals surface area contributed by atoms with Gasteiger partial charge in [-0.25, -0.2) is 4.98 Å². The van der Waals surface area contributed by atoms with E-state index in [-0.39, 0.29) is 5.76 Å². The maximum absolute atomic E-state index is 9.19. The van der Waals surface area contributed by atoms with E-state index in [1.165, 1.54) is 0 Å². The molecule has 0 aliphatic heterocycles. The quantitative estimate of drug-likeness (QED) is 0.779. The van der Waals surface area contributed by atoms with Gasteiger partial charge in [-0.3, -0.25) is 0 Å². The zero-order valence-electron chi connectivity index (χ0n) is 10.9. The Hall–Kier alpha value is -2.59. The lowest BCUT2D eigenvalue weighted by Gasteiger charge is -2.06. The molecule has 0 saturated heterocycles. The highest BCUT2D eigenvalue weighted by Crippen LogP contribution is 2.37. The second-order valence-electron chi connectivity index (χ2n) is 4.07. The molecule has 2 heterocycles. The fraction of sp³-hybridized carbons (Fsp3) is 0.0714. The molecule has 0 aliphatic rings. The van der Waals surface area contributed by atoms with E-state index >= 15 is 0 Å². The number of ether oxygens (including phenoxy) is 1. The standard InChI is InChI=1S/C14H9BrN4O2/c1-17-14-18-7-9(15)13(19-14)21-12-8-4-2-3-5-10(8)20-11(12)6-16/h2-5,7H,1H3,(H,17,18,19). The molecule has 0 radical (unpaired) electrons. The van der Waals surface area contributed by atoms with Crippen molar-refractivity contribution in [3.8, 4) is 17.7 Å². The van der Waals surface area contributed by atoms with Crippen molar-refractivity contribution in [2.45, 2.75) is 0 Å². The Kier molecular flexibility index (Phi) is 3.46. The molecule has 0 aliphatic carbocycles. The topological polar surface area (TPSA) is 84.0 Å².